The molecule has 0 bridgehead atoms. The van der Waals surface area contributed by atoms with Gasteiger partial charge in [0.1, 0.15) is 12.3 Å². The van der Waals surface area contributed by atoms with E-state index in [2.05, 4.69) is 15.1 Å². The molecule has 31 heavy (non-hydrogen) atoms. The highest BCUT2D eigenvalue weighted by Gasteiger charge is 2.23. The fourth-order valence-corrected chi connectivity index (χ4v) is 4.14. The third-order valence-electron chi connectivity index (χ3n) is 5.30. The Morgan fingerprint density at radius 1 is 1.13 bits per heavy atom. The van der Waals surface area contributed by atoms with Crippen LogP contribution >= 0.6 is 23.8 Å². The number of aromatic nitrogens is 3. The van der Waals surface area contributed by atoms with Crippen molar-refractivity contribution < 1.29 is 9.53 Å². The van der Waals surface area contributed by atoms with Gasteiger partial charge in [-0.3, -0.25) is 14.5 Å². The molecule has 1 aromatic heterocycles. The first kappa shape index (κ1) is 21.4. The van der Waals surface area contributed by atoms with E-state index in [-0.39, 0.29) is 12.5 Å². The molecule has 0 unspecified atom stereocenters. The van der Waals surface area contributed by atoms with Gasteiger partial charge in [0.15, 0.2) is 10.6 Å². The molecular weight excluding hydrogens is 434 g/mol. The van der Waals surface area contributed by atoms with E-state index >= 15 is 0 Å². The molecule has 0 saturated carbocycles. The monoisotopic (exact) mass is 457 g/mol. The first-order valence-corrected chi connectivity index (χ1v) is 11.0. The van der Waals surface area contributed by atoms with Gasteiger partial charge in [0.25, 0.3) is 0 Å². The molecule has 7 nitrogen and oxygen atoms in total. The molecule has 162 valence electrons. The number of nitrogens with one attached hydrogen (secondary N) is 1. The maximum Gasteiger partial charge on any atom is 0.242 e. The fraction of sp³-hybridized carbons (Fsp3) is 0.318. The van der Waals surface area contributed by atoms with Crippen LogP contribution in [0.25, 0.3) is 11.4 Å². The Hall–Kier alpha value is -2.84. The number of carbonyl (C=O) groups excluding carboxylic acids is 1. The molecule has 0 atom stereocenters. The van der Waals surface area contributed by atoms with Crippen molar-refractivity contribution in [2.75, 3.05) is 37.7 Å². The molecule has 1 N–H and O–H groups in total. The quantitative estimate of drug-likeness (QED) is 0.566. The second-order valence-corrected chi connectivity index (χ2v) is 8.01. The van der Waals surface area contributed by atoms with Crippen molar-refractivity contribution in [2.24, 2.45) is 0 Å². The van der Waals surface area contributed by atoms with Crippen LogP contribution in [-0.4, -0.2) is 58.4 Å². The Bertz CT molecular complexity index is 1100. The molecule has 2 aromatic carbocycles. The first-order valence-electron chi connectivity index (χ1n) is 10.2. The summed E-state index contributed by atoms with van der Waals surface area (Å²) >= 11 is 11.7. The van der Waals surface area contributed by atoms with E-state index in [4.69, 9.17) is 28.6 Å². The van der Waals surface area contributed by atoms with Crippen molar-refractivity contribution in [2.45, 2.75) is 13.5 Å². The van der Waals surface area contributed by atoms with Crippen LogP contribution < -0.4 is 9.64 Å². The fourth-order valence-electron chi connectivity index (χ4n) is 3.69. The Balaban J connectivity index is 1.43. The predicted octanol–water partition coefficient (Wildman–Crippen LogP) is 4.01. The molecule has 0 aliphatic carbocycles. The highest BCUT2D eigenvalue weighted by molar-refractivity contribution is 7.71. The number of benzene rings is 2. The van der Waals surface area contributed by atoms with Crippen LogP contribution in [0.1, 0.15) is 6.92 Å². The second kappa shape index (κ2) is 9.53. The lowest BCUT2D eigenvalue weighted by Gasteiger charge is -2.36. The topological polar surface area (TPSA) is 66.4 Å². The minimum absolute atomic E-state index is 0.0171. The van der Waals surface area contributed by atoms with Gasteiger partial charge in [-0.1, -0.05) is 23.7 Å². The van der Waals surface area contributed by atoms with Gasteiger partial charge in [0.2, 0.25) is 5.91 Å². The van der Waals surface area contributed by atoms with Gasteiger partial charge in [0.05, 0.1) is 17.3 Å². The number of halogens is 1. The zero-order chi connectivity index (χ0) is 21.8. The molecule has 2 heterocycles. The number of rotatable bonds is 6. The number of piperazine rings is 1. The van der Waals surface area contributed by atoms with Gasteiger partial charge < -0.3 is 14.5 Å². The van der Waals surface area contributed by atoms with E-state index in [1.807, 2.05) is 60.4 Å². The molecular formula is C22H24ClN5O2S. The summed E-state index contributed by atoms with van der Waals surface area (Å²) in [6.45, 7) is 5.43. The minimum Gasteiger partial charge on any atom is -0.494 e. The maximum atomic E-state index is 13.0. The zero-order valence-electron chi connectivity index (χ0n) is 17.3. The molecule has 3 aromatic rings. The number of hydrogen-bond acceptors (Lipinski definition) is 5. The molecule has 1 saturated heterocycles. The lowest BCUT2D eigenvalue weighted by atomic mass is 10.2. The number of amides is 1. The maximum absolute atomic E-state index is 13.0. The van der Waals surface area contributed by atoms with E-state index in [0.29, 0.717) is 30.3 Å². The minimum atomic E-state index is 0.0171. The van der Waals surface area contributed by atoms with Crippen molar-refractivity contribution in [3.8, 4) is 17.1 Å². The molecule has 1 fully saturated rings. The van der Waals surface area contributed by atoms with Crippen molar-refractivity contribution in [3.63, 3.8) is 0 Å². The van der Waals surface area contributed by atoms with Gasteiger partial charge in [-0.15, -0.1) is 0 Å². The average molecular weight is 458 g/mol. The van der Waals surface area contributed by atoms with Crippen molar-refractivity contribution in [1.29, 1.82) is 0 Å². The molecule has 9 heteroatoms. The van der Waals surface area contributed by atoms with E-state index < -0.39 is 0 Å². The smallest absolute Gasteiger partial charge is 0.242 e. The number of carbonyl (C=O) groups is 1. The van der Waals surface area contributed by atoms with Gasteiger partial charge in [0, 0.05) is 31.7 Å². The van der Waals surface area contributed by atoms with Crippen LogP contribution in [0.5, 0.6) is 5.75 Å². The third-order valence-corrected chi connectivity index (χ3v) is 5.93. The zero-order valence-corrected chi connectivity index (χ0v) is 18.8. The largest absolute Gasteiger partial charge is 0.494 e. The predicted molar refractivity (Wildman–Crippen MR) is 124 cm³/mol. The summed E-state index contributed by atoms with van der Waals surface area (Å²) in [4.78, 5) is 17.1. The van der Waals surface area contributed by atoms with Crippen LogP contribution in [0.15, 0.2) is 48.5 Å². The lowest BCUT2D eigenvalue weighted by molar-refractivity contribution is -0.132. The van der Waals surface area contributed by atoms with Gasteiger partial charge in [-0.25, -0.2) is 0 Å². The summed E-state index contributed by atoms with van der Waals surface area (Å²) in [5.74, 6) is 1.44. The number of nitrogens with zero attached hydrogens (tertiary/aromatic N) is 4. The van der Waals surface area contributed by atoms with E-state index in [0.717, 1.165) is 35.1 Å². The summed E-state index contributed by atoms with van der Waals surface area (Å²) < 4.78 is 7.66. The molecule has 4 rings (SSSR count). The molecule has 1 aliphatic rings. The standard InChI is InChI=1S/C22H24ClN5O2S/c1-2-30-17-9-7-16(8-10-17)21-24-25-22(31)28(21)15-20(29)27-13-11-26(12-14-27)19-6-4-3-5-18(19)23/h3-10H,2,11-15H2,1H3,(H,25,31). The van der Waals surface area contributed by atoms with Crippen LogP contribution in [-0.2, 0) is 11.3 Å². The number of hydrogen-bond donors (Lipinski definition) is 1. The molecule has 0 spiro atoms. The van der Waals surface area contributed by atoms with Gasteiger partial charge >= 0.3 is 0 Å². The summed E-state index contributed by atoms with van der Waals surface area (Å²) in [5.41, 5.74) is 1.87. The Kier molecular flexibility index (Phi) is 6.58. The van der Waals surface area contributed by atoms with E-state index in [9.17, 15) is 4.79 Å². The molecule has 1 amide bonds. The van der Waals surface area contributed by atoms with E-state index in [1.54, 1.807) is 4.57 Å². The van der Waals surface area contributed by atoms with Crippen LogP contribution in [0.4, 0.5) is 5.69 Å². The number of H-pyrrole nitrogens is 1. The third kappa shape index (κ3) is 4.75. The van der Waals surface area contributed by atoms with Crippen LogP contribution in [0.2, 0.25) is 5.02 Å². The number of aromatic amines is 1. The van der Waals surface area contributed by atoms with Crippen molar-refractivity contribution in [3.05, 3.63) is 58.3 Å². The summed E-state index contributed by atoms with van der Waals surface area (Å²) in [6.07, 6.45) is 0. The van der Waals surface area contributed by atoms with Crippen molar-refractivity contribution in [1.82, 2.24) is 19.7 Å². The summed E-state index contributed by atoms with van der Waals surface area (Å²) in [7, 11) is 0. The highest BCUT2D eigenvalue weighted by atomic mass is 35.5. The SMILES string of the molecule is CCOc1ccc(-c2n[nH]c(=S)n2CC(=O)N2CCN(c3ccccc3Cl)CC2)cc1. The molecule has 1 aliphatic heterocycles. The highest BCUT2D eigenvalue weighted by Crippen LogP contribution is 2.26. The molecule has 0 radical (unpaired) electrons. The Morgan fingerprint density at radius 3 is 2.52 bits per heavy atom. The average Bonchev–Trinajstić information content (AvgIpc) is 3.15. The normalized spacial score (nSPS) is 14.0. The number of anilines is 1. The van der Waals surface area contributed by atoms with E-state index in [1.165, 1.54) is 0 Å². The van der Waals surface area contributed by atoms with Crippen LogP contribution in [0.3, 0.4) is 0 Å². The van der Waals surface area contributed by atoms with Crippen molar-refractivity contribution >= 4 is 35.4 Å². The van der Waals surface area contributed by atoms with Gasteiger partial charge in [-0.05, 0) is 55.5 Å². The summed E-state index contributed by atoms with van der Waals surface area (Å²) in [6, 6.07) is 15.4. The number of ether oxygens (including phenoxy) is 1. The summed E-state index contributed by atoms with van der Waals surface area (Å²) in [5, 5.41) is 7.87. The van der Waals surface area contributed by atoms with Gasteiger partial charge in [-0.2, -0.15) is 5.10 Å². The Morgan fingerprint density at radius 2 is 1.84 bits per heavy atom. The lowest BCUT2D eigenvalue weighted by Crippen LogP contribution is -2.49. The second-order valence-electron chi connectivity index (χ2n) is 7.22. The Labute approximate surface area is 191 Å². The number of para-hydroxylation sites is 1. The van der Waals surface area contributed by atoms with Crippen LogP contribution in [0, 0.1) is 4.77 Å². The first-order chi connectivity index (χ1) is 15.1.